The van der Waals surface area contributed by atoms with Crippen LogP contribution >= 0.6 is 11.3 Å². The highest BCUT2D eigenvalue weighted by Crippen LogP contribution is 2.38. The van der Waals surface area contributed by atoms with Crippen molar-refractivity contribution in [3.8, 4) is 0 Å². The highest BCUT2D eigenvalue weighted by Gasteiger charge is 2.42. The van der Waals surface area contributed by atoms with Crippen molar-refractivity contribution in [2.75, 3.05) is 17.6 Å². The number of nitrogen functional groups attached to an aromatic ring is 1. The number of pyridine rings is 1. The Bertz CT molecular complexity index is 753. The number of nitrogens with zero attached hydrogens (tertiary/aromatic N) is 2. The largest absolute Gasteiger partial charge is 0.465 e. The minimum Gasteiger partial charge on any atom is -0.465 e. The van der Waals surface area contributed by atoms with Gasteiger partial charge in [0.2, 0.25) is 0 Å². The summed E-state index contributed by atoms with van der Waals surface area (Å²) in [6, 6.07) is 1.87. The Morgan fingerprint density at radius 1 is 1.50 bits per heavy atom. The van der Waals surface area contributed by atoms with Crippen molar-refractivity contribution in [2.45, 2.75) is 45.7 Å². The number of nitrogens with two attached hydrogens (primary N) is 1. The molecule has 0 aromatic carbocycles. The molecule has 0 saturated carbocycles. The lowest BCUT2D eigenvalue weighted by atomic mass is 9.77. The molecule has 0 bridgehead atoms. The third-order valence-electron chi connectivity index (χ3n) is 4.60. The van der Waals surface area contributed by atoms with Crippen LogP contribution < -0.4 is 11.1 Å². The fourth-order valence-corrected chi connectivity index (χ4v) is 4.56. The molecule has 1 aliphatic heterocycles. The smallest absolute Gasteiger partial charge is 0.407 e. The summed E-state index contributed by atoms with van der Waals surface area (Å²) in [5.74, 6) is 0. The van der Waals surface area contributed by atoms with Crippen LogP contribution in [0.2, 0.25) is 0 Å². The fraction of sp³-hybridized carbons (Fsp3) is 0.529. The van der Waals surface area contributed by atoms with Gasteiger partial charge < -0.3 is 21.1 Å². The van der Waals surface area contributed by atoms with Crippen LogP contribution in [-0.4, -0.2) is 39.7 Å². The molecule has 130 valence electrons. The Labute approximate surface area is 145 Å². The number of aromatic nitrogens is 1. The second-order valence-electron chi connectivity index (χ2n) is 7.40. The first-order valence-electron chi connectivity index (χ1n) is 8.17. The van der Waals surface area contributed by atoms with Crippen LogP contribution in [-0.2, 0) is 0 Å². The highest BCUT2D eigenvalue weighted by molar-refractivity contribution is 7.17. The molecular formula is C17H24N4O2S. The van der Waals surface area contributed by atoms with Crippen LogP contribution in [0.3, 0.4) is 0 Å². The highest BCUT2D eigenvalue weighted by atomic mass is 32.1. The molecule has 24 heavy (non-hydrogen) atoms. The number of hydrogen-bond donors (Lipinski definition) is 3. The van der Waals surface area contributed by atoms with Gasteiger partial charge in [0.15, 0.2) is 0 Å². The van der Waals surface area contributed by atoms with Gasteiger partial charge in [-0.05, 0) is 29.7 Å². The molecule has 1 amide bonds. The summed E-state index contributed by atoms with van der Waals surface area (Å²) in [6.07, 6.45) is 2.57. The first kappa shape index (κ1) is 16.8. The molecule has 0 spiro atoms. The normalized spacial score (nSPS) is 21.9. The molecule has 1 unspecified atom stereocenters. The minimum absolute atomic E-state index is 0.0184. The molecule has 2 atom stereocenters. The lowest BCUT2D eigenvalue weighted by Crippen LogP contribution is -2.58. The van der Waals surface area contributed by atoms with Crippen molar-refractivity contribution in [1.29, 1.82) is 0 Å². The fourth-order valence-electron chi connectivity index (χ4n) is 3.69. The molecule has 0 aliphatic carbocycles. The van der Waals surface area contributed by atoms with Gasteiger partial charge in [0.1, 0.15) is 0 Å². The molecule has 6 nitrogen and oxygen atoms in total. The zero-order chi connectivity index (χ0) is 17.5. The van der Waals surface area contributed by atoms with Gasteiger partial charge in [0.25, 0.3) is 0 Å². The number of anilines is 2. The molecule has 1 fully saturated rings. The Morgan fingerprint density at radius 2 is 2.25 bits per heavy atom. The van der Waals surface area contributed by atoms with Crippen LogP contribution in [0.5, 0.6) is 0 Å². The monoisotopic (exact) mass is 348 g/mol. The van der Waals surface area contributed by atoms with Gasteiger partial charge >= 0.3 is 6.09 Å². The second kappa shape index (κ2) is 6.12. The van der Waals surface area contributed by atoms with E-state index in [1.54, 1.807) is 22.4 Å². The molecule has 3 heterocycles. The number of thiophene rings is 1. The van der Waals surface area contributed by atoms with Crippen LogP contribution in [0.15, 0.2) is 17.6 Å². The first-order valence-corrected chi connectivity index (χ1v) is 9.05. The van der Waals surface area contributed by atoms with Gasteiger partial charge in [0, 0.05) is 12.6 Å². The van der Waals surface area contributed by atoms with E-state index in [0.29, 0.717) is 12.2 Å². The van der Waals surface area contributed by atoms with E-state index in [4.69, 9.17) is 5.73 Å². The maximum Gasteiger partial charge on any atom is 0.407 e. The van der Waals surface area contributed by atoms with Crippen molar-refractivity contribution in [3.63, 3.8) is 0 Å². The van der Waals surface area contributed by atoms with Gasteiger partial charge in [-0.15, -0.1) is 11.3 Å². The predicted molar refractivity (Wildman–Crippen MR) is 98.7 cm³/mol. The zero-order valence-electron chi connectivity index (χ0n) is 14.2. The van der Waals surface area contributed by atoms with Crippen molar-refractivity contribution >= 4 is 39.0 Å². The van der Waals surface area contributed by atoms with Crippen molar-refractivity contribution < 1.29 is 9.90 Å². The van der Waals surface area contributed by atoms with E-state index in [9.17, 15) is 9.90 Å². The van der Waals surface area contributed by atoms with Crippen molar-refractivity contribution in [1.82, 2.24) is 9.88 Å². The van der Waals surface area contributed by atoms with Gasteiger partial charge in [-0.25, -0.2) is 4.79 Å². The number of likely N-dealkylation sites (tertiary alicyclic amines) is 1. The summed E-state index contributed by atoms with van der Waals surface area (Å²) in [6.45, 7) is 6.84. The summed E-state index contributed by atoms with van der Waals surface area (Å²) in [5, 5.41) is 15.2. The number of piperidine rings is 1. The third kappa shape index (κ3) is 3.00. The maximum absolute atomic E-state index is 11.7. The van der Waals surface area contributed by atoms with Gasteiger partial charge in [-0.3, -0.25) is 4.98 Å². The van der Waals surface area contributed by atoms with Crippen LogP contribution in [0.25, 0.3) is 10.2 Å². The van der Waals surface area contributed by atoms with E-state index < -0.39 is 6.09 Å². The molecule has 4 N–H and O–H groups in total. The van der Waals surface area contributed by atoms with Gasteiger partial charge in [-0.1, -0.05) is 20.8 Å². The van der Waals surface area contributed by atoms with E-state index in [1.807, 2.05) is 11.4 Å². The van der Waals surface area contributed by atoms with E-state index in [-0.39, 0.29) is 17.5 Å². The molecule has 0 radical (unpaired) electrons. The Morgan fingerprint density at radius 3 is 2.92 bits per heavy atom. The van der Waals surface area contributed by atoms with Crippen molar-refractivity contribution in [3.05, 3.63) is 17.6 Å². The average Bonchev–Trinajstić information content (AvgIpc) is 2.97. The molecule has 3 rings (SSSR count). The van der Waals surface area contributed by atoms with E-state index in [2.05, 4.69) is 31.1 Å². The van der Waals surface area contributed by atoms with Crippen molar-refractivity contribution in [2.24, 2.45) is 5.41 Å². The SMILES string of the molecule is CC(C)(C)C1[C@@H](Nc2c(N)cnc3ccsc23)CCCN1C(=O)O. The van der Waals surface area contributed by atoms with E-state index in [0.717, 1.165) is 28.7 Å². The molecule has 7 heteroatoms. The van der Waals surface area contributed by atoms with Gasteiger partial charge in [-0.2, -0.15) is 0 Å². The summed E-state index contributed by atoms with van der Waals surface area (Å²) < 4.78 is 1.02. The number of carbonyl (C=O) groups is 1. The number of carboxylic acid groups (broad SMARTS) is 1. The number of rotatable bonds is 2. The Kier molecular flexibility index (Phi) is 4.29. The third-order valence-corrected chi connectivity index (χ3v) is 5.52. The minimum atomic E-state index is -0.856. The number of amides is 1. The number of nitrogens with one attached hydrogen (secondary N) is 1. The lowest BCUT2D eigenvalue weighted by Gasteiger charge is -2.47. The topological polar surface area (TPSA) is 91.5 Å². The molecule has 2 aromatic heterocycles. The van der Waals surface area contributed by atoms with Gasteiger partial charge in [0.05, 0.1) is 33.8 Å². The summed E-state index contributed by atoms with van der Waals surface area (Å²) in [4.78, 5) is 17.6. The predicted octanol–water partition coefficient (Wildman–Crippen LogP) is 3.85. The van der Waals surface area contributed by atoms with E-state index >= 15 is 0 Å². The molecule has 1 saturated heterocycles. The second-order valence-corrected chi connectivity index (χ2v) is 8.32. The number of fused-ring (bicyclic) bond motifs is 1. The average molecular weight is 348 g/mol. The molecule has 2 aromatic rings. The van der Waals surface area contributed by atoms with Crippen LogP contribution in [0, 0.1) is 5.41 Å². The number of hydrogen-bond acceptors (Lipinski definition) is 5. The Balaban J connectivity index is 1.98. The quantitative estimate of drug-likeness (QED) is 0.767. The zero-order valence-corrected chi connectivity index (χ0v) is 15.1. The summed E-state index contributed by atoms with van der Waals surface area (Å²) in [5.41, 5.74) is 8.38. The van der Waals surface area contributed by atoms with Crippen LogP contribution in [0.1, 0.15) is 33.6 Å². The van der Waals surface area contributed by atoms with Crippen LogP contribution in [0.4, 0.5) is 16.2 Å². The standard InChI is InChI=1S/C17H24N4O2S/c1-17(2,3)15-12(5-4-7-21(15)16(22)23)20-13-10(18)9-19-11-6-8-24-14(11)13/h6,8-9,12,15H,4-5,7,18H2,1-3H3,(H,19,20)(H,22,23)/t12-,15?/m0/s1. The molecule has 1 aliphatic rings. The molecular weight excluding hydrogens is 324 g/mol. The maximum atomic E-state index is 11.7. The summed E-state index contributed by atoms with van der Waals surface area (Å²) in [7, 11) is 0. The summed E-state index contributed by atoms with van der Waals surface area (Å²) >= 11 is 1.60. The Hall–Kier alpha value is -2.02. The van der Waals surface area contributed by atoms with E-state index in [1.165, 1.54) is 0 Å². The first-order chi connectivity index (χ1) is 11.3. The lowest BCUT2D eigenvalue weighted by molar-refractivity contribution is 0.0520.